The maximum absolute atomic E-state index is 3.60. The van der Waals surface area contributed by atoms with E-state index in [1.807, 2.05) is 0 Å². The summed E-state index contributed by atoms with van der Waals surface area (Å²) >= 11 is 0. The van der Waals surface area contributed by atoms with E-state index in [4.69, 9.17) is 0 Å². The van der Waals surface area contributed by atoms with Crippen LogP contribution in [0.3, 0.4) is 0 Å². The molecule has 0 aromatic heterocycles. The molecule has 4 atom stereocenters. The molecule has 1 aliphatic carbocycles. The van der Waals surface area contributed by atoms with Crippen molar-refractivity contribution >= 4 is 0 Å². The van der Waals surface area contributed by atoms with Crippen molar-refractivity contribution in [2.75, 3.05) is 13.1 Å². The van der Waals surface area contributed by atoms with Gasteiger partial charge in [-0.3, -0.25) is 4.90 Å². The Morgan fingerprint density at radius 2 is 2.00 bits per heavy atom. The van der Waals surface area contributed by atoms with Gasteiger partial charge in [0.15, 0.2) is 0 Å². The molecule has 1 heterocycles. The molecular weight excluding hydrogens is 184 g/mol. The molecule has 0 aromatic carbocycles. The first-order valence-corrected chi connectivity index (χ1v) is 6.69. The van der Waals surface area contributed by atoms with Crippen molar-refractivity contribution in [3.05, 3.63) is 0 Å². The molecule has 1 saturated carbocycles. The van der Waals surface area contributed by atoms with Gasteiger partial charge in [0.05, 0.1) is 0 Å². The van der Waals surface area contributed by atoms with E-state index in [9.17, 15) is 0 Å². The summed E-state index contributed by atoms with van der Waals surface area (Å²) in [4.78, 5) is 2.77. The summed E-state index contributed by atoms with van der Waals surface area (Å²) in [7, 11) is 0. The summed E-state index contributed by atoms with van der Waals surface area (Å²) < 4.78 is 0. The fourth-order valence-electron chi connectivity index (χ4n) is 3.57. The highest BCUT2D eigenvalue weighted by Gasteiger charge is 2.35. The van der Waals surface area contributed by atoms with E-state index in [0.29, 0.717) is 0 Å². The molecule has 0 amide bonds. The van der Waals surface area contributed by atoms with Crippen LogP contribution in [0.2, 0.25) is 0 Å². The summed E-state index contributed by atoms with van der Waals surface area (Å²) in [5.41, 5.74) is 0. The largest absolute Gasteiger partial charge is 0.314 e. The van der Waals surface area contributed by atoms with Crippen LogP contribution in [0.25, 0.3) is 0 Å². The molecule has 88 valence electrons. The molecule has 0 spiro atoms. The Balaban J connectivity index is 1.85. The van der Waals surface area contributed by atoms with E-state index in [2.05, 4.69) is 31.0 Å². The smallest absolute Gasteiger partial charge is 0.0114 e. The van der Waals surface area contributed by atoms with Gasteiger partial charge in [0.25, 0.3) is 0 Å². The van der Waals surface area contributed by atoms with Crippen molar-refractivity contribution in [3.8, 4) is 0 Å². The number of nitrogens with zero attached hydrogens (tertiary/aromatic N) is 1. The van der Waals surface area contributed by atoms with Gasteiger partial charge in [-0.25, -0.2) is 0 Å². The van der Waals surface area contributed by atoms with Gasteiger partial charge in [-0.15, -0.1) is 0 Å². The lowest BCUT2D eigenvalue weighted by Gasteiger charge is -2.28. The van der Waals surface area contributed by atoms with Gasteiger partial charge in [-0.2, -0.15) is 0 Å². The van der Waals surface area contributed by atoms with E-state index in [-0.39, 0.29) is 0 Å². The standard InChI is InChI=1S/C13H26N2/c1-4-14-12-5-6-13(8-12)15-9-10(2)7-11(15)3/h10-14H,4-9H2,1-3H3. The average molecular weight is 210 g/mol. The van der Waals surface area contributed by atoms with Crippen LogP contribution in [0, 0.1) is 5.92 Å². The first-order valence-electron chi connectivity index (χ1n) is 6.69. The minimum Gasteiger partial charge on any atom is -0.314 e. The molecule has 0 aromatic rings. The minimum atomic E-state index is 0.795. The highest BCUT2D eigenvalue weighted by Crippen LogP contribution is 2.32. The molecular formula is C13H26N2. The Morgan fingerprint density at radius 3 is 2.60 bits per heavy atom. The van der Waals surface area contributed by atoms with Crippen LogP contribution in [-0.2, 0) is 0 Å². The summed E-state index contributed by atoms with van der Waals surface area (Å²) in [5.74, 6) is 0.915. The van der Waals surface area contributed by atoms with E-state index in [0.717, 1.165) is 30.6 Å². The Morgan fingerprint density at radius 1 is 1.20 bits per heavy atom. The number of hydrogen-bond acceptors (Lipinski definition) is 2. The SMILES string of the molecule is CCNC1CCC(N2CC(C)CC2C)C1. The van der Waals surface area contributed by atoms with E-state index in [1.165, 1.54) is 32.2 Å². The molecule has 1 aliphatic heterocycles. The van der Waals surface area contributed by atoms with Crippen molar-refractivity contribution in [3.63, 3.8) is 0 Å². The molecule has 0 bridgehead atoms. The van der Waals surface area contributed by atoms with Gasteiger partial charge in [-0.1, -0.05) is 13.8 Å². The quantitative estimate of drug-likeness (QED) is 0.768. The third kappa shape index (κ3) is 2.54. The normalized spacial score (nSPS) is 42.6. The Bertz CT molecular complexity index is 205. The number of likely N-dealkylation sites (tertiary alicyclic amines) is 1. The van der Waals surface area contributed by atoms with Crippen LogP contribution in [0.4, 0.5) is 0 Å². The number of rotatable bonds is 3. The summed E-state index contributed by atoms with van der Waals surface area (Å²) in [5, 5.41) is 3.60. The van der Waals surface area contributed by atoms with Gasteiger partial charge in [0.2, 0.25) is 0 Å². The van der Waals surface area contributed by atoms with Crippen LogP contribution < -0.4 is 5.32 Å². The lowest BCUT2D eigenvalue weighted by atomic mass is 10.1. The summed E-state index contributed by atoms with van der Waals surface area (Å²) in [6.07, 6.45) is 5.58. The van der Waals surface area contributed by atoms with Gasteiger partial charge in [0, 0.05) is 24.7 Å². The second-order valence-corrected chi connectivity index (χ2v) is 5.61. The Kier molecular flexibility index (Phi) is 3.68. The highest BCUT2D eigenvalue weighted by atomic mass is 15.2. The maximum Gasteiger partial charge on any atom is 0.0114 e. The van der Waals surface area contributed by atoms with Crippen molar-refractivity contribution in [1.82, 2.24) is 10.2 Å². The summed E-state index contributed by atoms with van der Waals surface area (Å²) in [6, 6.07) is 2.49. The van der Waals surface area contributed by atoms with E-state index in [1.54, 1.807) is 0 Å². The zero-order valence-electron chi connectivity index (χ0n) is 10.5. The Hall–Kier alpha value is -0.0800. The van der Waals surface area contributed by atoms with Crippen molar-refractivity contribution in [2.45, 2.75) is 64.6 Å². The fourth-order valence-corrected chi connectivity index (χ4v) is 3.57. The molecule has 2 nitrogen and oxygen atoms in total. The highest BCUT2D eigenvalue weighted by molar-refractivity contribution is 4.92. The first kappa shape index (κ1) is 11.4. The predicted octanol–water partition coefficient (Wildman–Crippen LogP) is 2.25. The lowest BCUT2D eigenvalue weighted by Crippen LogP contribution is -2.37. The van der Waals surface area contributed by atoms with Gasteiger partial charge < -0.3 is 5.32 Å². The third-order valence-corrected chi connectivity index (χ3v) is 4.20. The molecule has 2 fully saturated rings. The van der Waals surface area contributed by atoms with Crippen LogP contribution in [0.5, 0.6) is 0 Å². The number of hydrogen-bond donors (Lipinski definition) is 1. The minimum absolute atomic E-state index is 0.795. The van der Waals surface area contributed by atoms with Crippen molar-refractivity contribution in [1.29, 1.82) is 0 Å². The molecule has 2 aliphatic rings. The third-order valence-electron chi connectivity index (χ3n) is 4.20. The molecule has 4 unspecified atom stereocenters. The second kappa shape index (κ2) is 4.84. The van der Waals surface area contributed by atoms with Gasteiger partial charge in [0.1, 0.15) is 0 Å². The van der Waals surface area contributed by atoms with Crippen LogP contribution in [0.15, 0.2) is 0 Å². The van der Waals surface area contributed by atoms with Gasteiger partial charge in [-0.05, 0) is 45.1 Å². The maximum atomic E-state index is 3.60. The van der Waals surface area contributed by atoms with Crippen LogP contribution in [-0.4, -0.2) is 36.1 Å². The van der Waals surface area contributed by atoms with Gasteiger partial charge >= 0.3 is 0 Å². The van der Waals surface area contributed by atoms with Crippen LogP contribution in [0.1, 0.15) is 46.5 Å². The number of nitrogens with one attached hydrogen (secondary N) is 1. The molecule has 1 N–H and O–H groups in total. The summed E-state index contributed by atoms with van der Waals surface area (Å²) in [6.45, 7) is 9.49. The molecule has 2 heteroatoms. The van der Waals surface area contributed by atoms with E-state index >= 15 is 0 Å². The zero-order valence-corrected chi connectivity index (χ0v) is 10.5. The fraction of sp³-hybridized carbons (Fsp3) is 1.00. The van der Waals surface area contributed by atoms with Crippen LogP contribution >= 0.6 is 0 Å². The van der Waals surface area contributed by atoms with E-state index < -0.39 is 0 Å². The predicted molar refractivity (Wildman–Crippen MR) is 65.1 cm³/mol. The molecule has 0 radical (unpaired) electrons. The topological polar surface area (TPSA) is 15.3 Å². The monoisotopic (exact) mass is 210 g/mol. The van der Waals surface area contributed by atoms with Crippen molar-refractivity contribution in [2.24, 2.45) is 5.92 Å². The molecule has 15 heavy (non-hydrogen) atoms. The average Bonchev–Trinajstić information content (AvgIpc) is 2.73. The molecule has 1 saturated heterocycles. The first-order chi connectivity index (χ1) is 7.20. The second-order valence-electron chi connectivity index (χ2n) is 5.61. The zero-order chi connectivity index (χ0) is 10.8. The van der Waals surface area contributed by atoms with Crippen molar-refractivity contribution < 1.29 is 0 Å². The lowest BCUT2D eigenvalue weighted by molar-refractivity contribution is 0.187. The Labute approximate surface area is 94.4 Å². The molecule has 2 rings (SSSR count).